The molecule has 1 aromatic carbocycles. The molecule has 0 bridgehead atoms. The highest BCUT2D eigenvalue weighted by molar-refractivity contribution is 6.08. The smallest absolute Gasteiger partial charge is 0.410 e. The van der Waals surface area contributed by atoms with E-state index in [0.29, 0.717) is 37.1 Å². The number of fused-ring (bicyclic) bond motifs is 1. The minimum absolute atomic E-state index is 0.0180. The molecule has 0 saturated carbocycles. The quantitative estimate of drug-likeness (QED) is 0.179. The molecule has 17 heteroatoms. The Hall–Kier alpha value is -4.03. The molecule has 0 unspecified atom stereocenters. The Balaban J connectivity index is 1.45. The van der Waals surface area contributed by atoms with Gasteiger partial charge in [-0.3, -0.25) is 14.3 Å². The van der Waals surface area contributed by atoms with Crippen molar-refractivity contribution in [1.82, 2.24) is 24.8 Å². The van der Waals surface area contributed by atoms with E-state index in [2.05, 4.69) is 10.3 Å². The van der Waals surface area contributed by atoms with Crippen LogP contribution in [0.5, 0.6) is 5.75 Å². The van der Waals surface area contributed by atoms with E-state index >= 15 is 4.39 Å². The number of halogens is 1. The Bertz CT molecular complexity index is 1860. The number of aliphatic hydroxyl groups excluding tert-OH is 1. The number of phenols is 1. The van der Waals surface area contributed by atoms with Crippen molar-refractivity contribution in [3.05, 3.63) is 30.5 Å². The number of aryl methyl sites for hydroxylation is 1. The summed E-state index contributed by atoms with van der Waals surface area (Å²) in [7, 11) is 5.03. The third-order valence-corrected chi connectivity index (χ3v) is 12.9. The minimum atomic E-state index is -3.19. The molecule has 3 aliphatic heterocycles. The van der Waals surface area contributed by atoms with Crippen molar-refractivity contribution in [3.63, 3.8) is 0 Å². The number of phenolic OH excluding ortho intramolecular Hbond substituents is 1. The van der Waals surface area contributed by atoms with Crippen LogP contribution in [0.1, 0.15) is 87.5 Å². The predicted octanol–water partition coefficient (Wildman–Crippen LogP) is 4.73. The van der Waals surface area contributed by atoms with Crippen LogP contribution in [-0.2, 0) is 44.6 Å². The van der Waals surface area contributed by atoms with Gasteiger partial charge in [-0.15, -0.1) is 5.10 Å². The van der Waals surface area contributed by atoms with E-state index in [1.54, 1.807) is 63.7 Å². The molecule has 0 spiro atoms. The zero-order chi connectivity index (χ0) is 44.5. The number of aromatic nitrogens is 3. The highest BCUT2D eigenvalue weighted by Gasteiger charge is 2.61. The molecule has 13 atom stereocenters. The standard InChI is InChI=1S/C43H64FN5O11/c1-12-32-43(8)35(49(40(55)60-43)19-14-13-18-48-23-30(45-46-48)28-16-15-17-29(50)21-28)26(4)33(51)24(2)22-41(6,56-11)37(27(5)36(53)42(7,44)39(54)58-32)59-38-34(52)31(47(9)10)20-25(3)57-38/h15-17,21,23-27,31-32,34-35,37-38,50,52H,12-14,18-20,22H2,1-11H3/t24-,25-,26+,27+,31+,32-,34-,35-,37-,38+,41-,42+,43-/m1/s1. The third kappa shape index (κ3) is 9.39. The number of aromatic hydroxyl groups is 1. The molecule has 3 fully saturated rings. The first-order chi connectivity index (χ1) is 28.1. The number of benzene rings is 1. The summed E-state index contributed by atoms with van der Waals surface area (Å²) in [5.74, 6) is -5.79. The van der Waals surface area contributed by atoms with Crippen molar-refractivity contribution < 1.29 is 57.5 Å². The van der Waals surface area contributed by atoms with E-state index in [1.165, 1.54) is 18.9 Å². The predicted molar refractivity (Wildman–Crippen MR) is 216 cm³/mol. The number of ketones is 2. The lowest BCUT2D eigenvalue weighted by Gasteiger charge is -2.47. The number of alkyl halides is 1. The minimum Gasteiger partial charge on any atom is -0.508 e. The van der Waals surface area contributed by atoms with E-state index < -0.39 is 83.1 Å². The van der Waals surface area contributed by atoms with Crippen LogP contribution in [0.3, 0.4) is 0 Å². The number of carbonyl (C=O) groups is 4. The number of aliphatic hydroxyl groups is 1. The molecular formula is C43H64FN5O11. The van der Waals surface area contributed by atoms with Gasteiger partial charge in [0.25, 0.3) is 5.67 Å². The molecular weight excluding hydrogens is 781 g/mol. The number of methoxy groups -OCH3 is 1. The Morgan fingerprint density at radius 2 is 1.72 bits per heavy atom. The summed E-state index contributed by atoms with van der Waals surface area (Å²) in [6.07, 6.45) is -2.73. The zero-order valence-corrected chi connectivity index (χ0v) is 36.8. The normalized spacial score (nSPS) is 37.1. The van der Waals surface area contributed by atoms with Gasteiger partial charge in [-0.25, -0.2) is 14.0 Å². The third-order valence-electron chi connectivity index (χ3n) is 12.9. The van der Waals surface area contributed by atoms with Crippen LogP contribution in [0.15, 0.2) is 30.5 Å². The summed E-state index contributed by atoms with van der Waals surface area (Å²) in [6, 6.07) is 5.36. The van der Waals surface area contributed by atoms with Crippen LogP contribution < -0.4 is 0 Å². The zero-order valence-electron chi connectivity index (χ0n) is 36.8. The lowest BCUT2D eigenvalue weighted by Crippen LogP contribution is -2.61. The number of ether oxygens (including phenoxy) is 5. The number of cyclic esters (lactones) is 1. The second-order valence-corrected chi connectivity index (χ2v) is 17.7. The van der Waals surface area contributed by atoms with Crippen LogP contribution in [0.2, 0.25) is 0 Å². The summed E-state index contributed by atoms with van der Waals surface area (Å²) in [5, 5.41) is 29.7. The summed E-state index contributed by atoms with van der Waals surface area (Å²) >= 11 is 0. The largest absolute Gasteiger partial charge is 0.508 e. The Morgan fingerprint density at radius 3 is 2.35 bits per heavy atom. The molecule has 2 N–H and O–H groups in total. The first-order valence-corrected chi connectivity index (χ1v) is 21.0. The lowest BCUT2D eigenvalue weighted by atomic mass is 9.73. The van der Waals surface area contributed by atoms with Gasteiger partial charge >= 0.3 is 12.1 Å². The second kappa shape index (κ2) is 18.5. The Morgan fingerprint density at radius 1 is 1.03 bits per heavy atom. The first kappa shape index (κ1) is 47.0. The summed E-state index contributed by atoms with van der Waals surface area (Å²) in [5.41, 5.74) is -4.98. The maximum absolute atomic E-state index is 16.9. The average molecular weight is 846 g/mol. The van der Waals surface area contributed by atoms with Crippen molar-refractivity contribution >= 4 is 23.6 Å². The number of likely N-dealkylation sites (N-methyl/N-ethyl adjacent to an activating group) is 1. The van der Waals surface area contributed by atoms with Gasteiger partial charge in [0.05, 0.1) is 30.0 Å². The monoisotopic (exact) mass is 845 g/mol. The van der Waals surface area contributed by atoms with Crippen LogP contribution in [0.4, 0.5) is 9.18 Å². The van der Waals surface area contributed by atoms with Gasteiger partial charge in [-0.05, 0) is 86.0 Å². The molecule has 1 amide bonds. The number of Topliss-reactive ketones (excluding diaryl/α,β-unsaturated/α-hetero) is 2. The fourth-order valence-electron chi connectivity index (χ4n) is 9.47. The SMILES string of the molecule is CC[C@H]1OC(=O)[C@@](C)(F)C(=O)[C@H](C)[C@@H](O[C@@H]2O[C@H](C)C[C@H](N(C)C)[C@H]2O)[C@](C)(OC)C[C@@H](C)C(=O)[C@H](C)[C@H]2N(CCCCn3cc(-c4cccc(O)c4)nn3)C(=O)O[C@]12C. The van der Waals surface area contributed by atoms with E-state index in [0.717, 1.165) is 6.92 Å². The number of rotatable bonds is 11. The topological polar surface area (TPSA) is 192 Å². The maximum atomic E-state index is 16.9. The van der Waals surface area contributed by atoms with Gasteiger partial charge in [0, 0.05) is 49.6 Å². The number of unbranched alkanes of at least 4 members (excludes halogenated alkanes) is 1. The van der Waals surface area contributed by atoms with Crippen LogP contribution >= 0.6 is 0 Å². The average Bonchev–Trinajstić information content (AvgIpc) is 3.78. The number of carbonyl (C=O) groups excluding carboxylic acids is 4. The summed E-state index contributed by atoms with van der Waals surface area (Å²) in [6.45, 7) is 13.0. The summed E-state index contributed by atoms with van der Waals surface area (Å²) < 4.78 is 49.1. The number of amides is 1. The summed E-state index contributed by atoms with van der Waals surface area (Å²) in [4.78, 5) is 60.0. The molecule has 0 aliphatic carbocycles. The van der Waals surface area contributed by atoms with E-state index in [-0.39, 0.29) is 43.1 Å². The molecule has 2 aromatic rings. The molecule has 0 radical (unpaired) electrons. The van der Waals surface area contributed by atoms with Crippen molar-refractivity contribution in [1.29, 1.82) is 0 Å². The van der Waals surface area contributed by atoms with E-state index in [4.69, 9.17) is 23.7 Å². The molecule has 1 aromatic heterocycles. The number of hydrogen-bond donors (Lipinski definition) is 2. The van der Waals surface area contributed by atoms with Crippen molar-refractivity contribution in [2.75, 3.05) is 27.7 Å². The van der Waals surface area contributed by atoms with Crippen molar-refractivity contribution in [2.24, 2.45) is 17.8 Å². The Labute approximate surface area is 352 Å². The van der Waals surface area contributed by atoms with Crippen LogP contribution in [0.25, 0.3) is 11.3 Å². The van der Waals surface area contributed by atoms with Crippen molar-refractivity contribution in [2.45, 2.75) is 154 Å². The maximum Gasteiger partial charge on any atom is 0.410 e. The highest BCUT2D eigenvalue weighted by Crippen LogP contribution is 2.44. The first-order valence-electron chi connectivity index (χ1n) is 21.0. The molecule has 16 nitrogen and oxygen atoms in total. The number of esters is 1. The van der Waals surface area contributed by atoms with Gasteiger partial charge in [-0.2, -0.15) is 0 Å². The van der Waals surface area contributed by atoms with Crippen LogP contribution in [-0.4, -0.2) is 146 Å². The van der Waals surface area contributed by atoms with Gasteiger partial charge in [0.1, 0.15) is 29.4 Å². The van der Waals surface area contributed by atoms with Crippen molar-refractivity contribution in [3.8, 4) is 17.0 Å². The van der Waals surface area contributed by atoms with Gasteiger partial charge in [0.15, 0.2) is 17.7 Å². The van der Waals surface area contributed by atoms with Gasteiger partial charge in [0.2, 0.25) is 0 Å². The number of nitrogens with zero attached hydrogens (tertiary/aromatic N) is 5. The van der Waals surface area contributed by atoms with E-state index in [1.807, 2.05) is 32.0 Å². The van der Waals surface area contributed by atoms with Gasteiger partial charge in [-0.1, -0.05) is 45.0 Å². The highest BCUT2D eigenvalue weighted by atomic mass is 19.1. The Kier molecular flexibility index (Phi) is 14.5. The second-order valence-electron chi connectivity index (χ2n) is 17.7. The molecule has 60 heavy (non-hydrogen) atoms. The van der Waals surface area contributed by atoms with E-state index in [9.17, 15) is 29.4 Å². The molecule has 5 rings (SSSR count). The molecule has 3 aliphatic rings. The fourth-order valence-corrected chi connectivity index (χ4v) is 9.47. The molecule has 334 valence electrons. The fraction of sp³-hybridized carbons (Fsp3) is 0.721. The number of hydrogen-bond acceptors (Lipinski definition) is 14. The lowest BCUT2D eigenvalue weighted by molar-refractivity contribution is -0.295. The molecule has 4 heterocycles. The van der Waals surface area contributed by atoms with Crippen LogP contribution in [0, 0.1) is 17.8 Å². The molecule has 3 saturated heterocycles. The van der Waals surface area contributed by atoms with Gasteiger partial charge < -0.3 is 43.7 Å².